The monoisotopic (exact) mass is 197 g/mol. The van der Waals surface area contributed by atoms with E-state index in [-0.39, 0.29) is 34.5 Å². The number of sulfonamides is 1. The van der Waals surface area contributed by atoms with Crippen LogP contribution in [0.15, 0.2) is 29.2 Å². The Morgan fingerprint density at radius 3 is 1.92 bits per heavy atom. The maximum atomic E-state index is 12.2. The fraction of sp³-hybridized carbons (Fsp3) is 0. The van der Waals surface area contributed by atoms with Gasteiger partial charge in [0.05, 0.1) is 10.0 Å². The van der Waals surface area contributed by atoms with Crippen LogP contribution in [0.3, 0.4) is 0 Å². The summed E-state index contributed by atoms with van der Waals surface area (Å²) in [5.74, 6) is -0.516. The Balaban J connectivity index is 0.00000121. The number of halogens is 1. The van der Waals surface area contributed by atoms with Crippen molar-refractivity contribution in [2.24, 2.45) is 0 Å². The molecular weight excluding hydrogens is 192 g/mol. The molecule has 0 radical (unpaired) electrons. The predicted octanol–water partition coefficient (Wildman–Crippen LogP) is -1.43. The van der Waals surface area contributed by atoms with E-state index in [1.54, 1.807) is 0 Å². The van der Waals surface area contributed by atoms with Crippen LogP contribution < -0.4 is 29.6 Å². The van der Waals surface area contributed by atoms with Gasteiger partial charge < -0.3 is 5.14 Å². The Morgan fingerprint density at radius 1 is 1.17 bits per heavy atom. The molecule has 0 aliphatic heterocycles. The molecule has 0 spiro atoms. The fourth-order valence-corrected chi connectivity index (χ4v) is 1.11. The standard InChI is InChI=1S/C6H5FNO2S.Na/c7-5-1-3-6(4-2-5)11(8,9)10;/h1-4H,(H-,8,9,10);/q-1;+1. The van der Waals surface area contributed by atoms with E-state index in [4.69, 9.17) is 5.14 Å². The average molecular weight is 197 g/mol. The third kappa shape index (κ3) is 3.20. The van der Waals surface area contributed by atoms with Gasteiger partial charge in [-0.3, -0.25) is 0 Å². The summed E-state index contributed by atoms with van der Waals surface area (Å²) in [7, 11) is -3.94. The largest absolute Gasteiger partial charge is 1.00 e. The molecule has 0 fully saturated rings. The van der Waals surface area contributed by atoms with Crippen molar-refractivity contribution in [3.05, 3.63) is 35.2 Å². The summed E-state index contributed by atoms with van der Waals surface area (Å²) < 4.78 is 33.2. The molecule has 0 aromatic heterocycles. The van der Waals surface area contributed by atoms with Crippen LogP contribution in [0.1, 0.15) is 0 Å². The molecule has 1 rings (SSSR count). The minimum absolute atomic E-state index is 0. The number of benzene rings is 1. The van der Waals surface area contributed by atoms with E-state index in [0.29, 0.717) is 0 Å². The Hall–Kier alpha value is 0.0600. The molecule has 0 aliphatic rings. The molecular formula is C6H5FNNaO2S. The SMILES string of the molecule is [NH-]S(=O)(=O)c1ccc(F)cc1.[Na+]. The molecule has 0 unspecified atom stereocenters. The molecule has 1 N–H and O–H groups in total. The number of nitrogens with one attached hydrogen (secondary N) is 1. The van der Waals surface area contributed by atoms with Crippen LogP contribution in [0, 0.1) is 5.82 Å². The Kier molecular flexibility index (Phi) is 4.36. The molecule has 0 atom stereocenters. The molecule has 1 aromatic rings. The summed E-state index contributed by atoms with van der Waals surface area (Å²) in [5, 5.41) is 6.59. The van der Waals surface area contributed by atoms with Gasteiger partial charge in [-0.2, -0.15) is 0 Å². The number of hydrogen-bond donors (Lipinski definition) is 0. The summed E-state index contributed by atoms with van der Waals surface area (Å²) in [6.45, 7) is 0. The van der Waals surface area contributed by atoms with Crippen LogP contribution in [-0.4, -0.2) is 8.42 Å². The maximum absolute atomic E-state index is 12.2. The molecule has 0 aliphatic carbocycles. The van der Waals surface area contributed by atoms with Gasteiger partial charge in [0.15, 0.2) is 0 Å². The van der Waals surface area contributed by atoms with Gasteiger partial charge >= 0.3 is 29.6 Å². The predicted molar refractivity (Wildman–Crippen MR) is 37.9 cm³/mol. The zero-order valence-electron chi connectivity index (χ0n) is 6.41. The first-order valence-corrected chi connectivity index (χ1v) is 4.24. The number of hydrogen-bond acceptors (Lipinski definition) is 2. The quantitative estimate of drug-likeness (QED) is 0.518. The van der Waals surface area contributed by atoms with Crippen LogP contribution >= 0.6 is 0 Å². The van der Waals surface area contributed by atoms with E-state index >= 15 is 0 Å². The van der Waals surface area contributed by atoms with E-state index < -0.39 is 15.8 Å². The zero-order valence-corrected chi connectivity index (χ0v) is 9.23. The van der Waals surface area contributed by atoms with Gasteiger partial charge in [-0.15, -0.1) is 0 Å². The van der Waals surface area contributed by atoms with Crippen molar-refractivity contribution in [2.75, 3.05) is 0 Å². The van der Waals surface area contributed by atoms with Gasteiger partial charge in [0.2, 0.25) is 0 Å². The van der Waals surface area contributed by atoms with Crippen LogP contribution in [-0.2, 0) is 10.0 Å². The maximum Gasteiger partial charge on any atom is 1.00 e. The van der Waals surface area contributed by atoms with Gasteiger partial charge in [0.25, 0.3) is 0 Å². The van der Waals surface area contributed by atoms with Crippen molar-refractivity contribution < 1.29 is 42.4 Å². The van der Waals surface area contributed by atoms with Crippen molar-refractivity contribution in [3.63, 3.8) is 0 Å². The topological polar surface area (TPSA) is 57.9 Å². The molecule has 1 aromatic carbocycles. The molecule has 3 nitrogen and oxygen atoms in total. The van der Waals surface area contributed by atoms with Crippen LogP contribution in [0.4, 0.5) is 4.39 Å². The van der Waals surface area contributed by atoms with Crippen molar-refractivity contribution in [1.29, 1.82) is 0 Å². The minimum Gasteiger partial charge on any atom is -0.560 e. The van der Waals surface area contributed by atoms with Crippen molar-refractivity contribution in [3.8, 4) is 0 Å². The molecule has 60 valence electrons. The summed E-state index contributed by atoms with van der Waals surface area (Å²) in [5.41, 5.74) is 0. The summed E-state index contributed by atoms with van der Waals surface area (Å²) in [6.07, 6.45) is 0. The fourth-order valence-electron chi connectivity index (χ4n) is 0.614. The molecule has 6 heteroatoms. The molecule has 0 amide bonds. The van der Waals surface area contributed by atoms with Crippen molar-refractivity contribution in [2.45, 2.75) is 4.90 Å². The first-order valence-electron chi connectivity index (χ1n) is 2.75. The van der Waals surface area contributed by atoms with E-state index in [1.165, 1.54) is 0 Å². The van der Waals surface area contributed by atoms with E-state index in [0.717, 1.165) is 24.3 Å². The molecule has 0 bridgehead atoms. The summed E-state index contributed by atoms with van der Waals surface area (Å²) in [6, 6.07) is 4.11. The molecule has 12 heavy (non-hydrogen) atoms. The van der Waals surface area contributed by atoms with Gasteiger partial charge in [-0.25, -0.2) is 12.8 Å². The van der Waals surface area contributed by atoms with Gasteiger partial charge in [0.1, 0.15) is 5.82 Å². The minimum atomic E-state index is -3.94. The van der Waals surface area contributed by atoms with Gasteiger partial charge in [-0.1, -0.05) is 0 Å². The summed E-state index contributed by atoms with van der Waals surface area (Å²) >= 11 is 0. The van der Waals surface area contributed by atoms with E-state index in [2.05, 4.69) is 0 Å². The second-order valence-electron chi connectivity index (χ2n) is 1.96. The third-order valence-electron chi connectivity index (χ3n) is 1.12. The van der Waals surface area contributed by atoms with Gasteiger partial charge in [-0.05, 0) is 24.3 Å². The summed E-state index contributed by atoms with van der Waals surface area (Å²) in [4.78, 5) is -0.195. The molecule has 0 heterocycles. The zero-order chi connectivity index (χ0) is 8.48. The first kappa shape index (κ1) is 12.1. The van der Waals surface area contributed by atoms with Crippen molar-refractivity contribution >= 4 is 10.0 Å². The van der Waals surface area contributed by atoms with Crippen molar-refractivity contribution in [1.82, 2.24) is 0 Å². The second kappa shape index (κ2) is 4.34. The second-order valence-corrected chi connectivity index (χ2v) is 3.44. The van der Waals surface area contributed by atoms with Crippen LogP contribution in [0.5, 0.6) is 0 Å². The first-order chi connectivity index (χ1) is 5.00. The number of rotatable bonds is 1. The van der Waals surface area contributed by atoms with Crippen LogP contribution in [0.25, 0.3) is 5.14 Å². The smallest absolute Gasteiger partial charge is 0.560 e. The Labute approximate surface area is 92.1 Å². The molecule has 0 saturated heterocycles. The van der Waals surface area contributed by atoms with E-state index in [1.807, 2.05) is 0 Å². The molecule has 0 saturated carbocycles. The Morgan fingerprint density at radius 2 is 1.58 bits per heavy atom. The third-order valence-corrected chi connectivity index (χ3v) is 2.02. The van der Waals surface area contributed by atoms with Gasteiger partial charge in [0, 0.05) is 4.90 Å². The average Bonchev–Trinajstić information content (AvgIpc) is 1.86. The van der Waals surface area contributed by atoms with E-state index in [9.17, 15) is 12.8 Å². The van der Waals surface area contributed by atoms with Crippen LogP contribution in [0.2, 0.25) is 0 Å². The normalized spacial score (nSPS) is 10.5. The Bertz CT molecular complexity index is 348.